The molecule has 3 heteroatoms. The van der Waals surface area contributed by atoms with E-state index in [-0.39, 0.29) is 12.2 Å². The molecule has 0 radical (unpaired) electrons. The molecule has 0 heterocycles. The summed E-state index contributed by atoms with van der Waals surface area (Å²) < 4.78 is 12.1. The zero-order chi connectivity index (χ0) is 8.15. The van der Waals surface area contributed by atoms with Crippen molar-refractivity contribution in [1.82, 2.24) is 0 Å². The highest BCUT2D eigenvalue weighted by atomic mass is 19.1. The second kappa shape index (κ2) is 4.17. The molecule has 10 heavy (non-hydrogen) atoms. The first kappa shape index (κ1) is 9.30. The number of aliphatic hydroxyl groups is 1. The summed E-state index contributed by atoms with van der Waals surface area (Å²) in [7, 11) is 0. The molecular formula is C7H11FO2. The van der Waals surface area contributed by atoms with Crippen LogP contribution in [0.25, 0.3) is 0 Å². The number of hydrogen-bond acceptors (Lipinski definition) is 2. The standard InChI is InChI=1S/C7H11FO2/c1-5(6(2)10)3-7(8)4-9/h3-6,10H,1-2H3/b7-3+/t5-,6+/m1/s1. The van der Waals surface area contributed by atoms with Gasteiger partial charge in [0, 0.05) is 5.92 Å². The highest BCUT2D eigenvalue weighted by Gasteiger charge is 2.05. The van der Waals surface area contributed by atoms with Crippen molar-refractivity contribution in [3.63, 3.8) is 0 Å². The fourth-order valence-corrected chi connectivity index (χ4v) is 0.430. The summed E-state index contributed by atoms with van der Waals surface area (Å²) in [4.78, 5) is 9.74. The molecule has 0 amide bonds. The van der Waals surface area contributed by atoms with Crippen LogP contribution < -0.4 is 0 Å². The molecule has 0 aliphatic heterocycles. The van der Waals surface area contributed by atoms with Gasteiger partial charge in [-0.25, -0.2) is 4.39 Å². The number of halogens is 1. The third-order valence-corrected chi connectivity index (χ3v) is 1.30. The third kappa shape index (κ3) is 3.35. The zero-order valence-electron chi connectivity index (χ0n) is 6.04. The number of aldehydes is 1. The van der Waals surface area contributed by atoms with Crippen LogP contribution in [-0.4, -0.2) is 17.5 Å². The Balaban J connectivity index is 3.98. The number of rotatable bonds is 3. The monoisotopic (exact) mass is 146 g/mol. The van der Waals surface area contributed by atoms with Crippen molar-refractivity contribution in [2.24, 2.45) is 5.92 Å². The van der Waals surface area contributed by atoms with E-state index in [0.717, 1.165) is 6.08 Å². The Morgan fingerprint density at radius 1 is 1.60 bits per heavy atom. The molecule has 1 N–H and O–H groups in total. The fraction of sp³-hybridized carbons (Fsp3) is 0.571. The van der Waals surface area contributed by atoms with Gasteiger partial charge < -0.3 is 5.11 Å². The molecule has 0 spiro atoms. The molecule has 0 saturated heterocycles. The number of carbonyl (C=O) groups excluding carboxylic acids is 1. The van der Waals surface area contributed by atoms with E-state index < -0.39 is 11.9 Å². The summed E-state index contributed by atoms with van der Waals surface area (Å²) in [6.45, 7) is 3.17. The maximum Gasteiger partial charge on any atom is 0.178 e. The Hall–Kier alpha value is -0.700. The Bertz CT molecular complexity index is 141. The molecular weight excluding hydrogens is 135 g/mol. The molecule has 0 aliphatic rings. The number of carbonyl (C=O) groups is 1. The molecule has 0 bridgehead atoms. The van der Waals surface area contributed by atoms with Gasteiger partial charge in [0.1, 0.15) is 0 Å². The van der Waals surface area contributed by atoms with Gasteiger partial charge in [0.05, 0.1) is 6.10 Å². The van der Waals surface area contributed by atoms with E-state index in [1.165, 1.54) is 0 Å². The van der Waals surface area contributed by atoms with Crippen molar-refractivity contribution < 1.29 is 14.3 Å². The van der Waals surface area contributed by atoms with E-state index in [9.17, 15) is 9.18 Å². The Kier molecular flexibility index (Phi) is 3.88. The summed E-state index contributed by atoms with van der Waals surface area (Å²) in [5, 5.41) is 8.84. The lowest BCUT2D eigenvalue weighted by Gasteiger charge is -2.07. The summed E-state index contributed by atoms with van der Waals surface area (Å²) >= 11 is 0. The molecule has 0 saturated carbocycles. The summed E-state index contributed by atoms with van der Waals surface area (Å²) in [5.41, 5.74) is 0. The maximum atomic E-state index is 12.1. The van der Waals surface area contributed by atoms with Gasteiger partial charge in [-0.1, -0.05) is 6.92 Å². The lowest BCUT2D eigenvalue weighted by molar-refractivity contribution is -0.106. The quantitative estimate of drug-likeness (QED) is 0.477. The second-order valence-electron chi connectivity index (χ2n) is 2.27. The van der Waals surface area contributed by atoms with Crippen molar-refractivity contribution in [2.45, 2.75) is 20.0 Å². The molecule has 2 nitrogen and oxygen atoms in total. The zero-order valence-corrected chi connectivity index (χ0v) is 6.04. The van der Waals surface area contributed by atoms with E-state index in [0.29, 0.717) is 0 Å². The third-order valence-electron chi connectivity index (χ3n) is 1.30. The smallest absolute Gasteiger partial charge is 0.178 e. The Morgan fingerprint density at radius 2 is 2.10 bits per heavy atom. The molecule has 0 fully saturated rings. The first-order chi connectivity index (χ1) is 4.57. The summed E-state index contributed by atoms with van der Waals surface area (Å²) in [6.07, 6.45) is 0.599. The minimum absolute atomic E-state index is 0.124. The largest absolute Gasteiger partial charge is 0.393 e. The molecule has 0 aromatic carbocycles. The van der Waals surface area contributed by atoms with Gasteiger partial charge in [-0.3, -0.25) is 4.79 Å². The van der Waals surface area contributed by atoms with Crippen LogP contribution >= 0.6 is 0 Å². The molecule has 2 atom stereocenters. The van der Waals surface area contributed by atoms with Gasteiger partial charge >= 0.3 is 0 Å². The molecule has 0 rings (SSSR count). The van der Waals surface area contributed by atoms with Crippen LogP contribution in [0.3, 0.4) is 0 Å². The minimum Gasteiger partial charge on any atom is -0.393 e. The molecule has 58 valence electrons. The van der Waals surface area contributed by atoms with Crippen LogP contribution in [0.2, 0.25) is 0 Å². The fourth-order valence-electron chi connectivity index (χ4n) is 0.430. The predicted molar refractivity (Wildman–Crippen MR) is 36.1 cm³/mol. The van der Waals surface area contributed by atoms with Gasteiger partial charge in [-0.15, -0.1) is 0 Å². The molecule has 0 unspecified atom stereocenters. The summed E-state index contributed by atoms with van der Waals surface area (Å²) in [5.74, 6) is -1.14. The van der Waals surface area contributed by atoms with Crippen LogP contribution in [0.5, 0.6) is 0 Å². The number of hydrogen-bond donors (Lipinski definition) is 1. The van der Waals surface area contributed by atoms with Crippen molar-refractivity contribution in [2.75, 3.05) is 0 Å². The van der Waals surface area contributed by atoms with Gasteiger partial charge in [0.25, 0.3) is 0 Å². The van der Waals surface area contributed by atoms with Crippen LogP contribution in [-0.2, 0) is 4.79 Å². The average molecular weight is 146 g/mol. The van der Waals surface area contributed by atoms with E-state index in [1.54, 1.807) is 13.8 Å². The van der Waals surface area contributed by atoms with Crippen molar-refractivity contribution in [3.05, 3.63) is 11.9 Å². The average Bonchev–Trinajstić information content (AvgIpc) is 1.87. The van der Waals surface area contributed by atoms with Crippen LogP contribution in [0, 0.1) is 5.92 Å². The first-order valence-electron chi connectivity index (χ1n) is 3.08. The molecule has 0 aromatic heterocycles. The second-order valence-corrected chi connectivity index (χ2v) is 2.27. The van der Waals surface area contributed by atoms with Gasteiger partial charge in [-0.2, -0.15) is 0 Å². The van der Waals surface area contributed by atoms with Crippen LogP contribution in [0.15, 0.2) is 11.9 Å². The van der Waals surface area contributed by atoms with E-state index in [4.69, 9.17) is 5.11 Å². The Morgan fingerprint density at radius 3 is 2.40 bits per heavy atom. The van der Waals surface area contributed by atoms with Gasteiger partial charge in [0.2, 0.25) is 0 Å². The maximum absolute atomic E-state index is 12.1. The molecule has 0 aromatic rings. The number of aliphatic hydroxyl groups excluding tert-OH is 1. The van der Waals surface area contributed by atoms with E-state index in [1.807, 2.05) is 0 Å². The van der Waals surface area contributed by atoms with Crippen molar-refractivity contribution in [1.29, 1.82) is 0 Å². The highest BCUT2D eigenvalue weighted by Crippen LogP contribution is 2.06. The summed E-state index contributed by atoms with van der Waals surface area (Å²) in [6, 6.07) is 0. The van der Waals surface area contributed by atoms with Crippen LogP contribution in [0.4, 0.5) is 4.39 Å². The van der Waals surface area contributed by atoms with Crippen molar-refractivity contribution in [3.8, 4) is 0 Å². The Labute approximate surface area is 59.4 Å². The highest BCUT2D eigenvalue weighted by molar-refractivity contribution is 5.69. The topological polar surface area (TPSA) is 37.3 Å². The molecule has 0 aliphatic carbocycles. The lowest BCUT2D eigenvalue weighted by atomic mass is 10.1. The van der Waals surface area contributed by atoms with Crippen molar-refractivity contribution >= 4 is 6.29 Å². The minimum atomic E-state index is -0.826. The van der Waals surface area contributed by atoms with Gasteiger partial charge in [-0.05, 0) is 13.0 Å². The lowest BCUT2D eigenvalue weighted by Crippen LogP contribution is -2.10. The predicted octanol–water partition coefficient (Wildman–Crippen LogP) is 1.06. The normalized spacial score (nSPS) is 18.2. The van der Waals surface area contributed by atoms with Crippen LogP contribution in [0.1, 0.15) is 13.8 Å². The van der Waals surface area contributed by atoms with Gasteiger partial charge in [0.15, 0.2) is 12.1 Å². The first-order valence-corrected chi connectivity index (χ1v) is 3.08. The van der Waals surface area contributed by atoms with E-state index >= 15 is 0 Å². The number of allylic oxidation sites excluding steroid dienone is 1. The van der Waals surface area contributed by atoms with E-state index in [2.05, 4.69) is 0 Å². The SMILES string of the molecule is C[C@H](O)[C@H](C)/C=C(/F)C=O.